The molecule has 0 saturated carbocycles. The van der Waals surface area contributed by atoms with Gasteiger partial charge < -0.3 is 9.84 Å². The molecule has 1 N–H and O–H groups in total. The van der Waals surface area contributed by atoms with Crippen LogP contribution in [0, 0.1) is 5.92 Å². The normalized spacial score (nSPS) is 12.8. The minimum absolute atomic E-state index is 0.0499. The molecule has 0 heterocycles. The number of ether oxygens (including phenoxy) is 1. The first-order valence-corrected chi connectivity index (χ1v) is 2.91. The van der Waals surface area contributed by atoms with Crippen molar-refractivity contribution >= 4 is 5.97 Å². The smallest absolute Gasteiger partial charge is 0.302 e. The van der Waals surface area contributed by atoms with Gasteiger partial charge in [0.25, 0.3) is 0 Å². The van der Waals surface area contributed by atoms with Crippen LogP contribution in [0.2, 0.25) is 0 Å². The van der Waals surface area contributed by atoms with Crippen LogP contribution in [0.1, 0.15) is 13.8 Å². The van der Waals surface area contributed by atoms with Gasteiger partial charge in [0.1, 0.15) is 0 Å². The third-order valence-electron chi connectivity index (χ3n) is 0.883. The van der Waals surface area contributed by atoms with Gasteiger partial charge in [0.05, 0.1) is 6.61 Å². The molecule has 0 fully saturated rings. The molecular formula is C6H12O3. The van der Waals surface area contributed by atoms with Crippen LogP contribution in [-0.2, 0) is 9.53 Å². The van der Waals surface area contributed by atoms with Crippen molar-refractivity contribution in [2.75, 3.05) is 13.2 Å². The number of hydrogen-bond donors (Lipinski definition) is 1. The average molecular weight is 132 g/mol. The van der Waals surface area contributed by atoms with Crippen molar-refractivity contribution in [1.82, 2.24) is 0 Å². The quantitative estimate of drug-likeness (QED) is 0.557. The summed E-state index contributed by atoms with van der Waals surface area (Å²) in [6, 6.07) is 0. The summed E-state index contributed by atoms with van der Waals surface area (Å²) < 4.78 is 4.60. The van der Waals surface area contributed by atoms with Gasteiger partial charge in [0, 0.05) is 19.4 Å². The van der Waals surface area contributed by atoms with Gasteiger partial charge in [-0.3, -0.25) is 4.79 Å². The number of rotatable bonds is 3. The van der Waals surface area contributed by atoms with Crippen LogP contribution in [0.25, 0.3) is 0 Å². The summed E-state index contributed by atoms with van der Waals surface area (Å²) in [5.41, 5.74) is 0. The Bertz CT molecular complexity index is 90.3. The highest BCUT2D eigenvalue weighted by Crippen LogP contribution is 1.92. The van der Waals surface area contributed by atoms with E-state index in [1.807, 2.05) is 6.92 Å². The van der Waals surface area contributed by atoms with E-state index < -0.39 is 0 Å². The highest BCUT2D eigenvalue weighted by molar-refractivity contribution is 5.65. The van der Waals surface area contributed by atoms with Gasteiger partial charge in [0.15, 0.2) is 0 Å². The second kappa shape index (κ2) is 4.32. The van der Waals surface area contributed by atoms with Crippen LogP contribution < -0.4 is 0 Å². The lowest BCUT2D eigenvalue weighted by molar-refractivity contribution is -0.142. The van der Waals surface area contributed by atoms with Gasteiger partial charge in [0.2, 0.25) is 0 Å². The van der Waals surface area contributed by atoms with E-state index in [2.05, 4.69) is 4.74 Å². The fraction of sp³-hybridized carbons (Fsp3) is 0.833. The fourth-order valence-corrected chi connectivity index (χ4v) is 0.312. The standard InChI is InChI=1S/C6H12O3/c1-5(3-7)4-9-6(2)8/h5,7H,3-4H2,1-2H3. The first-order valence-electron chi connectivity index (χ1n) is 2.91. The molecule has 0 amide bonds. The number of esters is 1. The van der Waals surface area contributed by atoms with Crippen LogP contribution >= 0.6 is 0 Å². The monoisotopic (exact) mass is 132 g/mol. The highest BCUT2D eigenvalue weighted by Gasteiger charge is 2.00. The predicted molar refractivity (Wildman–Crippen MR) is 32.9 cm³/mol. The Labute approximate surface area is 54.6 Å². The number of aliphatic hydroxyl groups excluding tert-OH is 1. The number of carbonyl (C=O) groups is 1. The number of hydrogen-bond acceptors (Lipinski definition) is 3. The van der Waals surface area contributed by atoms with Crippen LogP contribution in [0.5, 0.6) is 0 Å². The molecule has 9 heavy (non-hydrogen) atoms. The summed E-state index contributed by atoms with van der Waals surface area (Å²) in [6.07, 6.45) is 0. The van der Waals surface area contributed by atoms with E-state index in [1.165, 1.54) is 6.92 Å². The summed E-state index contributed by atoms with van der Waals surface area (Å²) in [4.78, 5) is 10.2. The number of carbonyl (C=O) groups excluding carboxylic acids is 1. The molecule has 0 spiro atoms. The molecule has 0 aromatic rings. The maximum absolute atomic E-state index is 10.2. The van der Waals surface area contributed by atoms with Crippen LogP contribution in [0.15, 0.2) is 0 Å². The van der Waals surface area contributed by atoms with Crippen molar-refractivity contribution in [1.29, 1.82) is 0 Å². The lowest BCUT2D eigenvalue weighted by Gasteiger charge is -2.05. The number of aliphatic hydroxyl groups is 1. The summed E-state index contributed by atoms with van der Waals surface area (Å²) in [5, 5.41) is 8.46. The summed E-state index contributed by atoms with van der Waals surface area (Å²) in [5.74, 6) is -0.246. The molecule has 1 atom stereocenters. The topological polar surface area (TPSA) is 46.5 Å². The maximum atomic E-state index is 10.2. The Kier molecular flexibility index (Phi) is 4.05. The van der Waals surface area contributed by atoms with Crippen molar-refractivity contribution in [2.45, 2.75) is 13.8 Å². The molecule has 0 aromatic carbocycles. The van der Waals surface area contributed by atoms with E-state index in [0.717, 1.165) is 0 Å². The van der Waals surface area contributed by atoms with E-state index in [1.54, 1.807) is 0 Å². The van der Waals surface area contributed by atoms with Gasteiger partial charge in [-0.25, -0.2) is 0 Å². The zero-order valence-electron chi connectivity index (χ0n) is 5.76. The molecule has 54 valence electrons. The van der Waals surface area contributed by atoms with Crippen molar-refractivity contribution in [3.63, 3.8) is 0 Å². The molecule has 0 radical (unpaired) electrons. The molecule has 0 rings (SSSR count). The largest absolute Gasteiger partial charge is 0.466 e. The van der Waals surface area contributed by atoms with Gasteiger partial charge >= 0.3 is 5.97 Å². The van der Waals surface area contributed by atoms with Gasteiger partial charge in [-0.2, -0.15) is 0 Å². The molecule has 0 aliphatic carbocycles. The van der Waals surface area contributed by atoms with Crippen molar-refractivity contribution in [3.05, 3.63) is 0 Å². The van der Waals surface area contributed by atoms with Gasteiger partial charge in [-0.1, -0.05) is 6.92 Å². The second-order valence-electron chi connectivity index (χ2n) is 2.09. The van der Waals surface area contributed by atoms with Crippen molar-refractivity contribution in [2.24, 2.45) is 5.92 Å². The molecule has 1 unspecified atom stereocenters. The van der Waals surface area contributed by atoms with Crippen molar-refractivity contribution < 1.29 is 14.6 Å². The lowest BCUT2D eigenvalue weighted by Crippen LogP contribution is -2.12. The highest BCUT2D eigenvalue weighted by atomic mass is 16.5. The first-order chi connectivity index (χ1) is 4.16. The van der Waals surface area contributed by atoms with E-state index >= 15 is 0 Å². The maximum Gasteiger partial charge on any atom is 0.302 e. The fourth-order valence-electron chi connectivity index (χ4n) is 0.312. The van der Waals surface area contributed by atoms with Crippen LogP contribution in [-0.4, -0.2) is 24.3 Å². The van der Waals surface area contributed by atoms with Crippen LogP contribution in [0.4, 0.5) is 0 Å². The van der Waals surface area contributed by atoms with Crippen molar-refractivity contribution in [3.8, 4) is 0 Å². The first kappa shape index (κ1) is 8.43. The zero-order valence-corrected chi connectivity index (χ0v) is 5.76. The molecule has 3 nitrogen and oxygen atoms in total. The molecule has 0 aliphatic rings. The molecule has 3 heteroatoms. The third kappa shape index (κ3) is 5.30. The summed E-state index contributed by atoms with van der Waals surface area (Å²) in [7, 11) is 0. The molecule has 0 aromatic heterocycles. The van der Waals surface area contributed by atoms with Gasteiger partial charge in [-0.15, -0.1) is 0 Å². The van der Waals surface area contributed by atoms with E-state index in [0.29, 0.717) is 6.61 Å². The predicted octanol–water partition coefficient (Wildman–Crippen LogP) is 0.178. The summed E-state index contributed by atoms with van der Waals surface area (Å²) in [6.45, 7) is 3.53. The van der Waals surface area contributed by atoms with E-state index in [9.17, 15) is 4.79 Å². The second-order valence-corrected chi connectivity index (χ2v) is 2.09. The zero-order chi connectivity index (χ0) is 7.28. The van der Waals surface area contributed by atoms with E-state index in [-0.39, 0.29) is 18.5 Å². The molecule has 0 saturated heterocycles. The Morgan fingerprint density at radius 1 is 1.78 bits per heavy atom. The molecule has 0 bridgehead atoms. The molecule has 0 aliphatic heterocycles. The van der Waals surface area contributed by atoms with E-state index in [4.69, 9.17) is 5.11 Å². The Morgan fingerprint density at radius 3 is 2.67 bits per heavy atom. The summed E-state index contributed by atoms with van der Waals surface area (Å²) >= 11 is 0. The minimum Gasteiger partial charge on any atom is -0.466 e. The Hall–Kier alpha value is -0.570. The molecular weight excluding hydrogens is 120 g/mol. The minimum atomic E-state index is -0.296. The lowest BCUT2D eigenvalue weighted by atomic mass is 10.2. The SMILES string of the molecule is CC(=O)OCC(C)CO. The third-order valence-corrected chi connectivity index (χ3v) is 0.883. The van der Waals surface area contributed by atoms with Gasteiger partial charge in [-0.05, 0) is 0 Å². The average Bonchev–Trinajstić information content (AvgIpc) is 1.83. The van der Waals surface area contributed by atoms with Crippen LogP contribution in [0.3, 0.4) is 0 Å². The Balaban J connectivity index is 3.16. The Morgan fingerprint density at radius 2 is 2.33 bits per heavy atom.